The van der Waals surface area contributed by atoms with Crippen molar-refractivity contribution in [1.29, 1.82) is 0 Å². The second kappa shape index (κ2) is 6.43. The Bertz CT molecular complexity index is 644. The fourth-order valence-corrected chi connectivity index (χ4v) is 4.74. The zero-order valence-corrected chi connectivity index (χ0v) is 13.2. The molecule has 1 aliphatic carbocycles. The van der Waals surface area contributed by atoms with Gasteiger partial charge in [-0.25, -0.2) is 13.2 Å². The number of carbonyl (C=O) groups excluding carboxylic acids is 1. The average molecular weight is 308 g/mol. The molecule has 4 nitrogen and oxygen atoms in total. The maximum atomic E-state index is 12.8. The predicted molar refractivity (Wildman–Crippen MR) is 80.6 cm³/mol. The molecular formula is C16H20O4S. The molecule has 0 spiro atoms. The van der Waals surface area contributed by atoms with Crippen LogP contribution in [-0.2, 0) is 19.4 Å². The molecule has 0 amide bonds. The van der Waals surface area contributed by atoms with Gasteiger partial charge in [0.05, 0.1) is 17.3 Å². The smallest absolute Gasteiger partial charge is 0.333 e. The fourth-order valence-electron chi connectivity index (χ4n) is 2.79. The molecule has 1 aliphatic rings. The van der Waals surface area contributed by atoms with E-state index in [4.69, 9.17) is 4.74 Å². The normalized spacial score (nSPS) is 20.0. The Hall–Kier alpha value is -1.62. The molecule has 0 bridgehead atoms. The zero-order valence-electron chi connectivity index (χ0n) is 12.3. The van der Waals surface area contributed by atoms with Crippen molar-refractivity contribution in [3.63, 3.8) is 0 Å². The van der Waals surface area contributed by atoms with Crippen molar-refractivity contribution in [3.05, 3.63) is 41.5 Å². The lowest BCUT2D eigenvalue weighted by atomic mass is 10.1. The second-order valence-corrected chi connectivity index (χ2v) is 7.38. The van der Waals surface area contributed by atoms with Gasteiger partial charge >= 0.3 is 5.97 Å². The fraction of sp³-hybridized carbons (Fsp3) is 0.438. The second-order valence-electron chi connectivity index (χ2n) is 5.25. The van der Waals surface area contributed by atoms with Crippen LogP contribution >= 0.6 is 0 Å². The molecule has 1 unspecified atom stereocenters. The SMILES string of the molecule is COC(=O)C1=C(C)C(S(=O)(=O)c2ccccc2)CCCC1. The van der Waals surface area contributed by atoms with Crippen LogP contribution in [0.25, 0.3) is 0 Å². The highest BCUT2D eigenvalue weighted by atomic mass is 32.2. The minimum absolute atomic E-state index is 0.306. The molecule has 0 aliphatic heterocycles. The van der Waals surface area contributed by atoms with E-state index < -0.39 is 21.1 Å². The van der Waals surface area contributed by atoms with E-state index >= 15 is 0 Å². The lowest BCUT2D eigenvalue weighted by Crippen LogP contribution is -2.24. The summed E-state index contributed by atoms with van der Waals surface area (Å²) in [5.74, 6) is -0.414. The Morgan fingerprint density at radius 1 is 1.19 bits per heavy atom. The lowest BCUT2D eigenvalue weighted by molar-refractivity contribution is -0.136. The number of carbonyl (C=O) groups is 1. The molecule has 0 radical (unpaired) electrons. The Morgan fingerprint density at radius 2 is 1.86 bits per heavy atom. The number of hydrogen-bond acceptors (Lipinski definition) is 4. The first kappa shape index (κ1) is 15.8. The molecule has 21 heavy (non-hydrogen) atoms. The van der Waals surface area contributed by atoms with Crippen molar-refractivity contribution in [2.45, 2.75) is 42.8 Å². The summed E-state index contributed by atoms with van der Waals surface area (Å²) in [7, 11) is -2.15. The maximum Gasteiger partial charge on any atom is 0.333 e. The molecule has 0 fully saturated rings. The number of sulfone groups is 1. The van der Waals surface area contributed by atoms with Crippen molar-refractivity contribution in [2.75, 3.05) is 7.11 Å². The topological polar surface area (TPSA) is 60.4 Å². The van der Waals surface area contributed by atoms with E-state index in [0.717, 1.165) is 12.8 Å². The number of methoxy groups -OCH3 is 1. The molecule has 0 saturated carbocycles. The van der Waals surface area contributed by atoms with Crippen LogP contribution in [0.15, 0.2) is 46.4 Å². The number of benzene rings is 1. The van der Waals surface area contributed by atoms with Crippen molar-refractivity contribution < 1.29 is 17.9 Å². The highest BCUT2D eigenvalue weighted by molar-refractivity contribution is 7.92. The van der Waals surface area contributed by atoms with Gasteiger partial charge in [0.2, 0.25) is 0 Å². The Balaban J connectivity index is 2.48. The van der Waals surface area contributed by atoms with Gasteiger partial charge in [-0.2, -0.15) is 0 Å². The summed E-state index contributed by atoms with van der Waals surface area (Å²) in [5.41, 5.74) is 1.14. The van der Waals surface area contributed by atoms with Crippen LogP contribution in [-0.4, -0.2) is 26.7 Å². The molecule has 5 heteroatoms. The molecular weight excluding hydrogens is 288 g/mol. The summed E-state index contributed by atoms with van der Waals surface area (Å²) >= 11 is 0. The van der Waals surface area contributed by atoms with Crippen molar-refractivity contribution in [2.24, 2.45) is 0 Å². The predicted octanol–water partition coefficient (Wildman–Crippen LogP) is 2.89. The first-order valence-electron chi connectivity index (χ1n) is 7.05. The zero-order chi connectivity index (χ0) is 15.5. The Morgan fingerprint density at radius 3 is 2.48 bits per heavy atom. The van der Waals surface area contributed by atoms with Crippen LogP contribution in [0.2, 0.25) is 0 Å². The minimum Gasteiger partial charge on any atom is -0.466 e. The number of esters is 1. The molecule has 114 valence electrons. The van der Waals surface area contributed by atoms with E-state index in [1.807, 2.05) is 0 Å². The highest BCUT2D eigenvalue weighted by Crippen LogP contribution is 2.32. The lowest BCUT2D eigenvalue weighted by Gasteiger charge is -2.18. The molecule has 2 rings (SSSR count). The van der Waals surface area contributed by atoms with Gasteiger partial charge in [-0.1, -0.05) is 24.6 Å². The maximum absolute atomic E-state index is 12.8. The molecule has 0 aromatic heterocycles. The van der Waals surface area contributed by atoms with E-state index in [1.165, 1.54) is 7.11 Å². The number of ether oxygens (including phenoxy) is 1. The summed E-state index contributed by atoms with van der Waals surface area (Å²) in [4.78, 5) is 12.2. The molecule has 0 saturated heterocycles. The van der Waals surface area contributed by atoms with E-state index in [1.54, 1.807) is 37.3 Å². The molecule has 1 aromatic rings. The summed E-state index contributed by atoms with van der Waals surface area (Å²) < 4.78 is 30.4. The van der Waals surface area contributed by atoms with Crippen LogP contribution < -0.4 is 0 Å². The van der Waals surface area contributed by atoms with E-state index in [2.05, 4.69) is 0 Å². The third-order valence-corrected chi connectivity index (χ3v) is 6.25. The Kier molecular flexibility index (Phi) is 4.83. The van der Waals surface area contributed by atoms with Crippen molar-refractivity contribution >= 4 is 15.8 Å². The van der Waals surface area contributed by atoms with Crippen LogP contribution in [0.4, 0.5) is 0 Å². The van der Waals surface area contributed by atoms with Gasteiger partial charge in [0.1, 0.15) is 0 Å². The Labute approximate surface area is 125 Å². The largest absolute Gasteiger partial charge is 0.466 e. The standard InChI is InChI=1S/C16H20O4S/c1-12-14(16(17)20-2)10-6-7-11-15(12)21(18,19)13-8-4-3-5-9-13/h3-5,8-9,15H,6-7,10-11H2,1-2H3. The highest BCUT2D eigenvalue weighted by Gasteiger charge is 2.33. The average Bonchev–Trinajstić information content (AvgIpc) is 2.69. The van der Waals surface area contributed by atoms with Crippen LogP contribution in [0, 0.1) is 0 Å². The third-order valence-electron chi connectivity index (χ3n) is 3.98. The first-order chi connectivity index (χ1) is 9.98. The van der Waals surface area contributed by atoms with E-state index in [0.29, 0.717) is 28.9 Å². The van der Waals surface area contributed by atoms with E-state index in [9.17, 15) is 13.2 Å². The first-order valence-corrected chi connectivity index (χ1v) is 8.60. The van der Waals surface area contributed by atoms with Gasteiger partial charge in [0.25, 0.3) is 0 Å². The summed E-state index contributed by atoms with van der Waals surface area (Å²) in [5, 5.41) is -0.642. The van der Waals surface area contributed by atoms with Gasteiger partial charge in [0.15, 0.2) is 9.84 Å². The monoisotopic (exact) mass is 308 g/mol. The van der Waals surface area contributed by atoms with Crippen LogP contribution in [0.5, 0.6) is 0 Å². The van der Waals surface area contributed by atoms with Crippen molar-refractivity contribution in [1.82, 2.24) is 0 Å². The van der Waals surface area contributed by atoms with Gasteiger partial charge in [-0.05, 0) is 43.9 Å². The van der Waals surface area contributed by atoms with Gasteiger partial charge < -0.3 is 4.74 Å². The van der Waals surface area contributed by atoms with Gasteiger partial charge in [-0.3, -0.25) is 0 Å². The molecule has 1 aromatic carbocycles. The quantitative estimate of drug-likeness (QED) is 0.806. The summed E-state index contributed by atoms with van der Waals surface area (Å²) in [6.07, 6.45) is 2.72. The van der Waals surface area contributed by atoms with Gasteiger partial charge in [0, 0.05) is 5.57 Å². The van der Waals surface area contributed by atoms with E-state index in [-0.39, 0.29) is 0 Å². The number of hydrogen-bond donors (Lipinski definition) is 0. The van der Waals surface area contributed by atoms with Crippen molar-refractivity contribution in [3.8, 4) is 0 Å². The third kappa shape index (κ3) is 3.18. The van der Waals surface area contributed by atoms with Gasteiger partial charge in [-0.15, -0.1) is 0 Å². The molecule has 1 atom stereocenters. The summed E-state index contributed by atoms with van der Waals surface area (Å²) in [6.45, 7) is 1.74. The molecule has 0 heterocycles. The number of rotatable bonds is 3. The van der Waals surface area contributed by atoms with Crippen LogP contribution in [0.1, 0.15) is 32.6 Å². The van der Waals surface area contributed by atoms with Crippen LogP contribution in [0.3, 0.4) is 0 Å². The summed E-state index contributed by atoms with van der Waals surface area (Å²) in [6, 6.07) is 8.42. The minimum atomic E-state index is -3.47. The molecule has 0 N–H and O–H groups in total.